The van der Waals surface area contributed by atoms with E-state index in [0.717, 1.165) is 50.0 Å². The van der Waals surface area contributed by atoms with E-state index in [2.05, 4.69) is 15.5 Å². The first kappa shape index (κ1) is 22.7. The Kier molecular flexibility index (Phi) is 8.32. The van der Waals surface area contributed by atoms with Gasteiger partial charge in [0, 0.05) is 30.9 Å². The molecule has 31 heavy (non-hydrogen) atoms. The summed E-state index contributed by atoms with van der Waals surface area (Å²) in [6.45, 7) is 6.41. The van der Waals surface area contributed by atoms with Crippen molar-refractivity contribution in [3.63, 3.8) is 0 Å². The Hall–Kier alpha value is -3.03. The molecule has 1 aliphatic heterocycles. The van der Waals surface area contributed by atoms with Crippen molar-refractivity contribution in [1.82, 2.24) is 20.4 Å². The average molecular weight is 429 g/mol. The minimum Gasteiger partial charge on any atom is -0.490 e. The first-order chi connectivity index (χ1) is 15.1. The quantitative estimate of drug-likeness (QED) is 0.567. The molecule has 3 rings (SSSR count). The lowest BCUT2D eigenvalue weighted by Gasteiger charge is -2.26. The second kappa shape index (κ2) is 11.4. The van der Waals surface area contributed by atoms with Gasteiger partial charge in [-0.3, -0.25) is 14.7 Å². The molecule has 168 valence electrons. The lowest BCUT2D eigenvalue weighted by molar-refractivity contribution is -0.134. The molecule has 2 aromatic rings. The Bertz CT molecular complexity index is 874. The summed E-state index contributed by atoms with van der Waals surface area (Å²) in [5, 5.41) is 9.86. The van der Waals surface area contributed by atoms with Crippen molar-refractivity contribution in [3.8, 4) is 11.5 Å². The molecular weight excluding hydrogens is 396 g/mol. The number of H-pyrrole nitrogens is 1. The maximum atomic E-state index is 12.5. The van der Waals surface area contributed by atoms with Crippen molar-refractivity contribution in [3.05, 3.63) is 41.2 Å². The number of benzene rings is 1. The largest absolute Gasteiger partial charge is 0.490 e. The number of rotatable bonds is 10. The summed E-state index contributed by atoms with van der Waals surface area (Å²) in [5.41, 5.74) is 2.72. The molecule has 0 atom stereocenters. The van der Waals surface area contributed by atoms with E-state index in [1.807, 2.05) is 24.9 Å². The number of nitrogens with zero attached hydrogens (tertiary/aromatic N) is 2. The number of nitrogens with one attached hydrogen (secondary N) is 2. The van der Waals surface area contributed by atoms with Gasteiger partial charge in [-0.1, -0.05) is 0 Å². The topological polar surface area (TPSA) is 96.5 Å². The summed E-state index contributed by atoms with van der Waals surface area (Å²) in [7, 11) is 0. The number of aromatic amines is 1. The smallest absolute Gasteiger partial charge is 0.260 e. The molecule has 1 aliphatic rings. The fraction of sp³-hybridized carbons (Fsp3) is 0.522. The highest BCUT2D eigenvalue weighted by Crippen LogP contribution is 2.28. The molecule has 0 saturated carbocycles. The zero-order valence-corrected chi connectivity index (χ0v) is 18.4. The van der Waals surface area contributed by atoms with Gasteiger partial charge in [0.25, 0.3) is 11.8 Å². The van der Waals surface area contributed by atoms with Crippen LogP contribution < -0.4 is 14.8 Å². The van der Waals surface area contributed by atoms with Crippen LogP contribution in [0.25, 0.3) is 0 Å². The van der Waals surface area contributed by atoms with Crippen LogP contribution in [-0.4, -0.2) is 59.8 Å². The summed E-state index contributed by atoms with van der Waals surface area (Å²) in [5.74, 6) is 0.757. The van der Waals surface area contributed by atoms with Crippen molar-refractivity contribution >= 4 is 11.8 Å². The predicted octanol–water partition coefficient (Wildman–Crippen LogP) is 2.87. The summed E-state index contributed by atoms with van der Waals surface area (Å²) >= 11 is 0. The first-order valence-corrected chi connectivity index (χ1v) is 11.0. The number of ether oxygens (including phenoxy) is 2. The third-order valence-electron chi connectivity index (χ3n) is 5.41. The molecule has 0 unspecified atom stereocenters. The number of hydrogen-bond donors (Lipinski definition) is 2. The Morgan fingerprint density at radius 2 is 1.97 bits per heavy atom. The van der Waals surface area contributed by atoms with Gasteiger partial charge in [0.15, 0.2) is 18.1 Å². The number of aromatic nitrogens is 2. The third kappa shape index (κ3) is 6.47. The molecule has 1 aromatic carbocycles. The van der Waals surface area contributed by atoms with Gasteiger partial charge in [0.2, 0.25) is 0 Å². The molecule has 8 heteroatoms. The standard InChI is InChI=1S/C23H32N4O4/c1-3-30-21-14-18(23(29)24-11-7-8-19-15-25-26-17(19)2)9-10-20(21)31-16-22(28)27-12-5-4-6-13-27/h9-10,14-15H,3-8,11-13,16H2,1-2H3,(H,24,29)(H,25,26). The molecule has 0 bridgehead atoms. The second-order valence-electron chi connectivity index (χ2n) is 7.70. The maximum absolute atomic E-state index is 12.5. The van der Waals surface area contributed by atoms with Gasteiger partial charge in [-0.2, -0.15) is 5.10 Å². The Labute approximate surface area is 183 Å². The average Bonchev–Trinajstić information content (AvgIpc) is 3.20. The highest BCUT2D eigenvalue weighted by atomic mass is 16.5. The molecule has 2 heterocycles. The number of amides is 2. The van der Waals surface area contributed by atoms with Crippen LogP contribution in [0.2, 0.25) is 0 Å². The number of carbonyl (C=O) groups is 2. The van der Waals surface area contributed by atoms with Crippen LogP contribution in [0, 0.1) is 6.92 Å². The van der Waals surface area contributed by atoms with E-state index in [9.17, 15) is 9.59 Å². The molecule has 2 N–H and O–H groups in total. The molecule has 0 aliphatic carbocycles. The number of carbonyl (C=O) groups excluding carboxylic acids is 2. The van der Waals surface area contributed by atoms with Gasteiger partial charge in [-0.05, 0) is 69.7 Å². The van der Waals surface area contributed by atoms with Crippen LogP contribution in [0.4, 0.5) is 0 Å². The number of likely N-dealkylation sites (tertiary alicyclic amines) is 1. The highest BCUT2D eigenvalue weighted by molar-refractivity contribution is 5.94. The van der Waals surface area contributed by atoms with Crippen LogP contribution in [0.5, 0.6) is 11.5 Å². The zero-order chi connectivity index (χ0) is 22.1. The number of hydrogen-bond acceptors (Lipinski definition) is 5. The molecule has 0 radical (unpaired) electrons. The summed E-state index contributed by atoms with van der Waals surface area (Å²) in [6, 6.07) is 5.05. The molecule has 0 spiro atoms. The fourth-order valence-electron chi connectivity index (χ4n) is 3.62. The van der Waals surface area contributed by atoms with Crippen LogP contribution in [-0.2, 0) is 11.2 Å². The Morgan fingerprint density at radius 1 is 1.16 bits per heavy atom. The Balaban J connectivity index is 1.52. The van der Waals surface area contributed by atoms with Crippen molar-refractivity contribution in [1.29, 1.82) is 0 Å². The summed E-state index contributed by atoms with van der Waals surface area (Å²) in [6.07, 6.45) is 6.75. The van der Waals surface area contributed by atoms with E-state index in [1.54, 1.807) is 18.2 Å². The van der Waals surface area contributed by atoms with E-state index in [1.165, 1.54) is 6.42 Å². The maximum Gasteiger partial charge on any atom is 0.260 e. The lowest BCUT2D eigenvalue weighted by atomic mass is 10.1. The molecule has 8 nitrogen and oxygen atoms in total. The Morgan fingerprint density at radius 3 is 2.68 bits per heavy atom. The van der Waals surface area contributed by atoms with E-state index < -0.39 is 0 Å². The fourth-order valence-corrected chi connectivity index (χ4v) is 3.62. The summed E-state index contributed by atoms with van der Waals surface area (Å²) < 4.78 is 11.4. The molecule has 1 aromatic heterocycles. The van der Waals surface area contributed by atoms with Gasteiger partial charge < -0.3 is 19.7 Å². The zero-order valence-electron chi connectivity index (χ0n) is 18.4. The molecule has 2 amide bonds. The van der Waals surface area contributed by atoms with E-state index in [4.69, 9.17) is 9.47 Å². The van der Waals surface area contributed by atoms with Gasteiger partial charge >= 0.3 is 0 Å². The van der Waals surface area contributed by atoms with Gasteiger partial charge in [-0.25, -0.2) is 0 Å². The van der Waals surface area contributed by atoms with Crippen LogP contribution in [0.3, 0.4) is 0 Å². The monoisotopic (exact) mass is 428 g/mol. The molecule has 1 saturated heterocycles. The highest BCUT2D eigenvalue weighted by Gasteiger charge is 2.18. The lowest BCUT2D eigenvalue weighted by Crippen LogP contribution is -2.38. The van der Waals surface area contributed by atoms with Crippen molar-refractivity contribution in [2.45, 2.75) is 46.0 Å². The van der Waals surface area contributed by atoms with Crippen molar-refractivity contribution in [2.75, 3.05) is 32.8 Å². The van der Waals surface area contributed by atoms with Crippen molar-refractivity contribution in [2.24, 2.45) is 0 Å². The van der Waals surface area contributed by atoms with Crippen LogP contribution in [0.15, 0.2) is 24.4 Å². The van der Waals surface area contributed by atoms with Gasteiger partial charge in [0.05, 0.1) is 12.8 Å². The van der Waals surface area contributed by atoms with Crippen LogP contribution in [0.1, 0.15) is 54.2 Å². The van der Waals surface area contributed by atoms with E-state index in [-0.39, 0.29) is 18.4 Å². The SMILES string of the molecule is CCOc1cc(C(=O)NCCCc2cn[nH]c2C)ccc1OCC(=O)N1CCCCC1. The van der Waals surface area contributed by atoms with E-state index >= 15 is 0 Å². The predicted molar refractivity (Wildman–Crippen MR) is 118 cm³/mol. The molecule has 1 fully saturated rings. The molecular formula is C23H32N4O4. The van der Waals surface area contributed by atoms with Gasteiger partial charge in [-0.15, -0.1) is 0 Å². The number of piperidine rings is 1. The number of aryl methyl sites for hydroxylation is 2. The van der Waals surface area contributed by atoms with Gasteiger partial charge in [0.1, 0.15) is 0 Å². The van der Waals surface area contributed by atoms with Crippen molar-refractivity contribution < 1.29 is 19.1 Å². The minimum absolute atomic E-state index is 0.0168. The minimum atomic E-state index is -0.166. The van der Waals surface area contributed by atoms with E-state index in [0.29, 0.717) is 30.2 Å². The second-order valence-corrected chi connectivity index (χ2v) is 7.70. The summed E-state index contributed by atoms with van der Waals surface area (Å²) in [4.78, 5) is 26.7. The van der Waals surface area contributed by atoms with Crippen LogP contribution >= 0.6 is 0 Å². The third-order valence-corrected chi connectivity index (χ3v) is 5.41. The normalized spacial score (nSPS) is 13.7. The first-order valence-electron chi connectivity index (χ1n) is 11.0.